The first-order chi connectivity index (χ1) is 9.51. The van der Waals surface area contributed by atoms with Crippen molar-refractivity contribution >= 4 is 11.5 Å². The van der Waals surface area contributed by atoms with Gasteiger partial charge in [-0.15, -0.1) is 0 Å². The number of pyridine rings is 1. The van der Waals surface area contributed by atoms with Crippen molar-refractivity contribution in [1.29, 1.82) is 0 Å². The summed E-state index contributed by atoms with van der Waals surface area (Å²) < 4.78 is 0. The summed E-state index contributed by atoms with van der Waals surface area (Å²) in [5, 5.41) is 3.15. The van der Waals surface area contributed by atoms with Gasteiger partial charge < -0.3 is 10.2 Å². The molecule has 3 nitrogen and oxygen atoms in total. The second kappa shape index (κ2) is 6.06. The van der Waals surface area contributed by atoms with E-state index in [-0.39, 0.29) is 0 Å². The molecule has 0 atom stereocenters. The zero-order valence-corrected chi connectivity index (χ0v) is 13.0. The Labute approximate surface area is 121 Å². The summed E-state index contributed by atoms with van der Waals surface area (Å²) >= 11 is 0. The maximum absolute atomic E-state index is 4.62. The number of benzene rings is 1. The fraction of sp³-hybridized carbons (Fsp3) is 0.353. The third kappa shape index (κ3) is 3.17. The Morgan fingerprint density at radius 2 is 1.70 bits per heavy atom. The summed E-state index contributed by atoms with van der Waals surface area (Å²) in [7, 11) is 4.02. The van der Waals surface area contributed by atoms with E-state index < -0.39 is 0 Å². The molecule has 0 fully saturated rings. The van der Waals surface area contributed by atoms with Crippen molar-refractivity contribution in [3.05, 3.63) is 52.7 Å². The summed E-state index contributed by atoms with van der Waals surface area (Å²) in [5.41, 5.74) is 6.13. The lowest BCUT2D eigenvalue weighted by atomic mass is 10.1. The molecule has 1 aromatic carbocycles. The maximum Gasteiger partial charge on any atom is 0.135 e. The predicted octanol–water partition coefficient (Wildman–Crippen LogP) is 3.49. The van der Waals surface area contributed by atoms with Crippen LogP contribution in [0.5, 0.6) is 0 Å². The fourth-order valence-corrected chi connectivity index (χ4v) is 2.54. The maximum atomic E-state index is 4.62. The molecule has 0 radical (unpaired) electrons. The summed E-state index contributed by atoms with van der Waals surface area (Å²) in [6.45, 7) is 7.21. The molecule has 0 bridgehead atoms. The highest BCUT2D eigenvalue weighted by atomic mass is 15.2. The van der Waals surface area contributed by atoms with Crippen molar-refractivity contribution in [3.63, 3.8) is 0 Å². The second-order valence-electron chi connectivity index (χ2n) is 5.42. The van der Waals surface area contributed by atoms with Crippen molar-refractivity contribution in [1.82, 2.24) is 10.3 Å². The topological polar surface area (TPSA) is 28.2 Å². The first-order valence-electron chi connectivity index (χ1n) is 6.93. The summed E-state index contributed by atoms with van der Waals surface area (Å²) in [5.74, 6) is 1.01. The molecule has 2 aromatic rings. The number of nitrogens with zero attached hydrogens (tertiary/aromatic N) is 2. The minimum atomic E-state index is 0.849. The number of nitrogens with one attached hydrogen (secondary N) is 1. The van der Waals surface area contributed by atoms with Crippen LogP contribution in [0.4, 0.5) is 11.5 Å². The first-order valence-corrected chi connectivity index (χ1v) is 6.93. The standard InChI is InChI=1S/C17H23N3/c1-12-6-13(2)8-16(7-12)20(5)17-14(3)9-15(10-18-4)11-19-17/h6-9,11,18H,10H2,1-5H3. The molecule has 20 heavy (non-hydrogen) atoms. The van der Waals surface area contributed by atoms with E-state index in [9.17, 15) is 0 Å². The lowest BCUT2D eigenvalue weighted by Crippen LogP contribution is -2.14. The molecule has 0 aliphatic rings. The normalized spacial score (nSPS) is 10.7. The van der Waals surface area contributed by atoms with E-state index in [4.69, 9.17) is 0 Å². The minimum absolute atomic E-state index is 0.849. The Morgan fingerprint density at radius 1 is 1.05 bits per heavy atom. The van der Waals surface area contributed by atoms with Gasteiger partial charge in [-0.3, -0.25) is 0 Å². The molecule has 2 rings (SSSR count). The molecule has 1 heterocycles. The number of aromatic nitrogens is 1. The smallest absolute Gasteiger partial charge is 0.135 e. The van der Waals surface area contributed by atoms with Crippen LogP contribution < -0.4 is 10.2 Å². The van der Waals surface area contributed by atoms with E-state index in [0.717, 1.165) is 12.4 Å². The average Bonchev–Trinajstić information content (AvgIpc) is 2.37. The van der Waals surface area contributed by atoms with E-state index in [2.05, 4.69) is 67.3 Å². The van der Waals surface area contributed by atoms with Crippen LogP contribution in [0.2, 0.25) is 0 Å². The Kier molecular flexibility index (Phi) is 4.40. The molecule has 106 valence electrons. The van der Waals surface area contributed by atoms with Crippen LogP contribution in [-0.2, 0) is 6.54 Å². The zero-order chi connectivity index (χ0) is 14.7. The zero-order valence-electron chi connectivity index (χ0n) is 13.0. The van der Waals surface area contributed by atoms with Gasteiger partial charge in [0.05, 0.1) is 0 Å². The monoisotopic (exact) mass is 269 g/mol. The lowest BCUT2D eigenvalue weighted by molar-refractivity contribution is 0.811. The van der Waals surface area contributed by atoms with Gasteiger partial charge in [-0.25, -0.2) is 4.98 Å². The molecule has 0 aliphatic carbocycles. The van der Waals surface area contributed by atoms with Gasteiger partial charge in [0.2, 0.25) is 0 Å². The van der Waals surface area contributed by atoms with Crippen LogP contribution >= 0.6 is 0 Å². The second-order valence-corrected chi connectivity index (χ2v) is 5.42. The van der Waals surface area contributed by atoms with Gasteiger partial charge in [-0.05, 0) is 68.3 Å². The quantitative estimate of drug-likeness (QED) is 0.921. The third-order valence-electron chi connectivity index (χ3n) is 3.40. The van der Waals surface area contributed by atoms with E-state index in [1.165, 1.54) is 27.9 Å². The van der Waals surface area contributed by atoms with Crippen LogP contribution in [0.3, 0.4) is 0 Å². The number of aryl methyl sites for hydroxylation is 3. The number of anilines is 2. The summed E-state index contributed by atoms with van der Waals surface area (Å²) in [6.07, 6.45) is 1.94. The molecule has 0 spiro atoms. The van der Waals surface area contributed by atoms with Crippen LogP contribution in [0.15, 0.2) is 30.5 Å². The Hall–Kier alpha value is -1.87. The fourth-order valence-electron chi connectivity index (χ4n) is 2.54. The molecule has 0 aliphatic heterocycles. The molecule has 3 heteroatoms. The van der Waals surface area contributed by atoms with Crippen LogP contribution in [0, 0.1) is 20.8 Å². The largest absolute Gasteiger partial charge is 0.329 e. The molecule has 0 saturated carbocycles. The molecule has 1 N–H and O–H groups in total. The highest BCUT2D eigenvalue weighted by Gasteiger charge is 2.10. The van der Waals surface area contributed by atoms with Crippen molar-refractivity contribution in [2.45, 2.75) is 27.3 Å². The minimum Gasteiger partial charge on any atom is -0.329 e. The molecule has 0 unspecified atom stereocenters. The van der Waals surface area contributed by atoms with Crippen molar-refractivity contribution in [2.75, 3.05) is 19.0 Å². The highest BCUT2D eigenvalue weighted by Crippen LogP contribution is 2.26. The van der Waals surface area contributed by atoms with Crippen LogP contribution in [0.1, 0.15) is 22.3 Å². The van der Waals surface area contributed by atoms with Gasteiger partial charge in [-0.1, -0.05) is 6.07 Å². The van der Waals surface area contributed by atoms with E-state index in [0.29, 0.717) is 0 Å². The van der Waals surface area contributed by atoms with Crippen LogP contribution in [-0.4, -0.2) is 19.1 Å². The molecular formula is C17H23N3. The van der Waals surface area contributed by atoms with Gasteiger partial charge in [-0.2, -0.15) is 0 Å². The Balaban J connectivity index is 2.35. The van der Waals surface area contributed by atoms with Gasteiger partial charge in [0, 0.05) is 25.5 Å². The average molecular weight is 269 g/mol. The lowest BCUT2D eigenvalue weighted by Gasteiger charge is -2.22. The van der Waals surface area contributed by atoms with Gasteiger partial charge in [0.1, 0.15) is 5.82 Å². The van der Waals surface area contributed by atoms with Crippen molar-refractivity contribution < 1.29 is 0 Å². The molecule has 1 aromatic heterocycles. The van der Waals surface area contributed by atoms with Crippen LogP contribution in [0.25, 0.3) is 0 Å². The van der Waals surface area contributed by atoms with Crippen molar-refractivity contribution in [2.24, 2.45) is 0 Å². The number of rotatable bonds is 4. The molecule has 0 saturated heterocycles. The summed E-state index contributed by atoms with van der Waals surface area (Å²) in [6, 6.07) is 8.76. The molecular weight excluding hydrogens is 246 g/mol. The predicted molar refractivity (Wildman–Crippen MR) is 85.7 cm³/mol. The van der Waals surface area contributed by atoms with Gasteiger partial charge >= 0.3 is 0 Å². The Bertz CT molecular complexity index is 585. The van der Waals surface area contributed by atoms with Gasteiger partial charge in [0.15, 0.2) is 0 Å². The first kappa shape index (κ1) is 14.5. The summed E-state index contributed by atoms with van der Waals surface area (Å²) in [4.78, 5) is 6.77. The third-order valence-corrected chi connectivity index (χ3v) is 3.40. The van der Waals surface area contributed by atoms with E-state index >= 15 is 0 Å². The highest BCUT2D eigenvalue weighted by molar-refractivity contribution is 5.63. The van der Waals surface area contributed by atoms with E-state index in [1.807, 2.05) is 13.2 Å². The van der Waals surface area contributed by atoms with Gasteiger partial charge in [0.25, 0.3) is 0 Å². The van der Waals surface area contributed by atoms with E-state index in [1.54, 1.807) is 0 Å². The number of hydrogen-bond donors (Lipinski definition) is 1. The SMILES string of the molecule is CNCc1cnc(N(C)c2cc(C)cc(C)c2)c(C)c1. The Morgan fingerprint density at radius 3 is 2.25 bits per heavy atom. The van der Waals surface area contributed by atoms with Crippen molar-refractivity contribution in [3.8, 4) is 0 Å². The number of hydrogen-bond acceptors (Lipinski definition) is 3. The molecule has 0 amide bonds.